The van der Waals surface area contributed by atoms with E-state index in [-0.39, 0.29) is 88.3 Å². The first kappa shape index (κ1) is 63.0. The van der Waals surface area contributed by atoms with Crippen LogP contribution in [0.15, 0.2) is 53.0 Å². The van der Waals surface area contributed by atoms with Gasteiger partial charge in [-0.05, 0) is 32.3 Å². The van der Waals surface area contributed by atoms with Gasteiger partial charge in [0.25, 0.3) is 11.7 Å². The number of methoxy groups -OCH3 is 1. The lowest BCUT2D eigenvalue weighted by Gasteiger charge is -2.47. The highest BCUT2D eigenvalue weighted by molar-refractivity contribution is 7.44. The molecule has 4 amide bonds. The summed E-state index contributed by atoms with van der Waals surface area (Å²) < 4.78 is 51.9. The molecule has 6 rings (SSSR count). The molecule has 23 nitrogen and oxygen atoms in total. The predicted molar refractivity (Wildman–Crippen MR) is 293 cm³/mol. The number of hydrogen-bond donors (Lipinski definition) is 7. The monoisotopic (exact) mass is 1150 g/mol. The Kier molecular flexibility index (Phi) is 20.9. The lowest BCUT2D eigenvalue weighted by molar-refractivity contribution is -0.216. The van der Waals surface area contributed by atoms with Crippen LogP contribution < -0.4 is 31.3 Å². The van der Waals surface area contributed by atoms with E-state index in [0.717, 1.165) is 6.54 Å². The van der Waals surface area contributed by atoms with Crippen molar-refractivity contribution in [3.8, 4) is 11.5 Å². The molecule has 0 saturated carbocycles. The number of esters is 1. The molecule has 7 N–H and O–H groups in total. The van der Waals surface area contributed by atoms with Crippen LogP contribution in [0, 0.1) is 36.5 Å². The summed E-state index contributed by atoms with van der Waals surface area (Å²) in [6.45, 7) is 22.7. The number of ketones is 3. The number of phenols is 1. The Bertz CT molecular complexity index is 2770. The second kappa shape index (κ2) is 26.6. The molecular weight excluding hydrogens is 1080 g/mol. The number of Topliss-reactive ketones (excluding diaryl/α,β-unsaturated/α-hetero) is 3. The van der Waals surface area contributed by atoms with E-state index in [0.29, 0.717) is 31.8 Å². The van der Waals surface area contributed by atoms with Gasteiger partial charge in [-0.3, -0.25) is 42.9 Å². The van der Waals surface area contributed by atoms with Crippen LogP contribution in [0.4, 0.5) is 4.79 Å². The number of carbonyl (C=O) groups excluding carboxylic acids is 7. The smallest absolute Gasteiger partial charge is 0.316 e. The molecular formula is C55H75N7O16P2. The number of aromatic hydroxyl groups is 1. The van der Waals surface area contributed by atoms with Crippen molar-refractivity contribution in [2.75, 3.05) is 39.8 Å². The molecule has 2 fully saturated rings. The van der Waals surface area contributed by atoms with Crippen LogP contribution in [-0.2, 0) is 47.3 Å². The Labute approximate surface area is 468 Å². The van der Waals surface area contributed by atoms with Crippen molar-refractivity contribution in [2.24, 2.45) is 34.6 Å². The van der Waals surface area contributed by atoms with E-state index < -0.39 is 123 Å². The maximum Gasteiger partial charge on any atom is 0.316 e. The molecule has 4 heterocycles. The largest absolute Gasteiger partial charge is 0.507 e. The molecule has 0 aromatic heterocycles. The summed E-state index contributed by atoms with van der Waals surface area (Å²) in [5, 5.41) is 37.1. The van der Waals surface area contributed by atoms with Crippen LogP contribution in [0.25, 0.3) is 0 Å². The Morgan fingerprint density at radius 3 is 2.29 bits per heavy atom. The number of rotatable bonds is 26. The Morgan fingerprint density at radius 1 is 1.01 bits per heavy atom. The number of aliphatic hydroxyl groups is 1. The highest BCUT2D eigenvalue weighted by Gasteiger charge is 2.55. The molecule has 1 aromatic carbocycles. The number of ether oxygens (including phenoxy) is 5. The van der Waals surface area contributed by atoms with E-state index >= 15 is 0 Å². The summed E-state index contributed by atoms with van der Waals surface area (Å²) in [4.78, 5) is 101. The zero-order chi connectivity index (χ0) is 59.1. The summed E-state index contributed by atoms with van der Waals surface area (Å²) in [5.41, 5.74) is -1.53. The number of hydrogen-bond acceptors (Lipinski definition) is 19. The number of nitrogens with one attached hydrogen (secondary N) is 5. The van der Waals surface area contributed by atoms with Crippen molar-refractivity contribution < 1.29 is 76.6 Å². The molecule has 10 atom stereocenters. The van der Waals surface area contributed by atoms with Gasteiger partial charge in [0.05, 0.1) is 53.7 Å². The van der Waals surface area contributed by atoms with Gasteiger partial charge >= 0.3 is 17.8 Å². The minimum Gasteiger partial charge on any atom is -0.507 e. The molecule has 2 saturated heterocycles. The maximum absolute atomic E-state index is 14.9. The Hall–Kier alpha value is -6.22. The van der Waals surface area contributed by atoms with Crippen molar-refractivity contribution in [3.05, 3.63) is 70.3 Å². The molecule has 4 aliphatic heterocycles. The number of nitrogens with zero attached hydrogens (tertiary/aromatic N) is 2. The zero-order valence-corrected chi connectivity index (χ0v) is 48.9. The van der Waals surface area contributed by atoms with Gasteiger partial charge in [-0.1, -0.05) is 60.3 Å². The number of urea groups is 1. The van der Waals surface area contributed by atoms with E-state index in [1.807, 2.05) is 0 Å². The predicted octanol–water partition coefficient (Wildman–Crippen LogP) is 5.27. The van der Waals surface area contributed by atoms with E-state index in [1.165, 1.54) is 52.4 Å². The number of benzene rings is 1. The Morgan fingerprint density at radius 2 is 1.69 bits per heavy atom. The topological polar surface area (TPSA) is 316 Å². The van der Waals surface area contributed by atoms with Gasteiger partial charge in [0, 0.05) is 107 Å². The number of likely N-dealkylation sites (tertiary alicyclic amines) is 1. The van der Waals surface area contributed by atoms with Crippen LogP contribution in [0.2, 0.25) is 0 Å². The SMILES string of the molecule is C=C/C=C(/C)C(=O)NC1=C2NC3(CCN(CC(C)C)CC3)N=C2c2c(c(O)c(C)c3c2C(=O)[C@@](C)(O/C=C/[C@H](OC)[C@@H](C)[C@@H](OC(C)=O)[C@H](C)[C@H](O)[C@H](C)[C@H]2OC(C(=O)CNC(=O)CCCNC(=O)NC(P=O)P=O)[C@@H]2C)O3)C1=O. The van der Waals surface area contributed by atoms with Gasteiger partial charge in [0.15, 0.2) is 28.2 Å². The molecule has 436 valence electrons. The van der Waals surface area contributed by atoms with Crippen LogP contribution in [0.3, 0.4) is 0 Å². The number of amides is 4. The standard InChI is InChI=1S/C55H75N7O16P2/c1-13-15-27(4)51(70)58-42-41-40(60-55(61-41)18-21-62(22-19-55)25-26(2)3)37-38(45(42)68)44(67)31(8)49-39(37)50(69)54(11,78-49)75-23-17-35(74-12)28(5)46(76-33(10)63)29(6)43(66)30(7)47-32(9)48(77-47)34(64)24-57-36(65)16-14-20-56-52(71)59-53(79-72)80-73/h13,15,17,23,26,28-30,32,35,43,46-48,53,61,66-67H,1,14,16,18-22,24-25H2,2-12H3,(H,57,65)(H,58,70)(H2,56,59,71)/b23-17+,27-15-/t28-,29-,30+,32-,35+,43+,46-,47-,48?,54+/m1/s1. The molecule has 1 spiro atoms. The van der Waals surface area contributed by atoms with E-state index in [9.17, 15) is 52.9 Å². The fraction of sp³-hybridized carbons (Fsp3) is 0.600. The molecule has 80 heavy (non-hydrogen) atoms. The molecule has 25 heteroatoms. The summed E-state index contributed by atoms with van der Waals surface area (Å²) in [6.07, 6.45) is 2.62. The molecule has 5 aliphatic rings. The van der Waals surface area contributed by atoms with Crippen LogP contribution in [0.5, 0.6) is 11.5 Å². The van der Waals surface area contributed by atoms with Crippen LogP contribution in [-0.4, -0.2) is 149 Å². The fourth-order valence-electron chi connectivity index (χ4n) is 11.0. The van der Waals surface area contributed by atoms with Crippen molar-refractivity contribution in [3.63, 3.8) is 0 Å². The Balaban J connectivity index is 1.13. The second-order valence-electron chi connectivity index (χ2n) is 21.7. The number of aliphatic imine (C=N–C) groups is 1. The minimum atomic E-state index is -2.05. The molecule has 0 radical (unpaired) electrons. The first-order chi connectivity index (χ1) is 37.8. The van der Waals surface area contributed by atoms with E-state index in [2.05, 4.69) is 51.9 Å². The third kappa shape index (κ3) is 13.6. The van der Waals surface area contributed by atoms with Gasteiger partial charge in [0.2, 0.25) is 11.7 Å². The van der Waals surface area contributed by atoms with Gasteiger partial charge in [-0.15, -0.1) is 0 Å². The number of phenolic OH excluding ortho intramolecular Hbond substituents is 1. The average Bonchev–Trinajstić information content (AvgIpc) is 4.06. The molecule has 1 aliphatic carbocycles. The average molecular weight is 1150 g/mol. The van der Waals surface area contributed by atoms with Gasteiger partial charge in [-0.2, -0.15) is 0 Å². The van der Waals surface area contributed by atoms with Crippen LogP contribution >= 0.6 is 16.9 Å². The number of aliphatic hydroxyl groups excluding tert-OH is 1. The van der Waals surface area contributed by atoms with Crippen molar-refractivity contribution in [1.29, 1.82) is 0 Å². The number of piperidine rings is 1. The summed E-state index contributed by atoms with van der Waals surface area (Å²) >= 11 is 0. The third-order valence-corrected chi connectivity index (χ3v) is 16.6. The van der Waals surface area contributed by atoms with E-state index in [1.54, 1.807) is 34.6 Å². The summed E-state index contributed by atoms with van der Waals surface area (Å²) in [7, 11) is 0.382. The first-order valence-electron chi connectivity index (χ1n) is 26.8. The zero-order valence-electron chi connectivity index (χ0n) is 47.1. The van der Waals surface area contributed by atoms with E-state index in [4.69, 9.17) is 28.7 Å². The quantitative estimate of drug-likeness (QED) is 0.0155. The van der Waals surface area contributed by atoms with Gasteiger partial charge < -0.3 is 65.4 Å². The number of allylic oxidation sites excluding steroid dienone is 4. The molecule has 1 unspecified atom stereocenters. The van der Waals surface area contributed by atoms with Gasteiger partial charge in [0.1, 0.15) is 35.1 Å². The van der Waals surface area contributed by atoms with Gasteiger partial charge in [-0.25, -0.2) is 4.79 Å². The lowest BCUT2D eigenvalue weighted by Crippen LogP contribution is -2.59. The highest BCUT2D eigenvalue weighted by Crippen LogP contribution is 2.50. The third-order valence-electron chi connectivity index (χ3n) is 15.4. The normalized spacial score (nSPS) is 24.0. The molecule has 0 bridgehead atoms. The van der Waals surface area contributed by atoms with Crippen molar-refractivity contribution in [1.82, 2.24) is 31.5 Å². The lowest BCUT2D eigenvalue weighted by atomic mass is 9.74. The minimum absolute atomic E-state index is 0.0102. The first-order valence-corrected chi connectivity index (χ1v) is 28.5. The number of carbonyl (C=O) groups is 7. The second-order valence-corrected chi connectivity index (χ2v) is 23.6. The maximum atomic E-state index is 14.9. The van der Waals surface area contributed by atoms with Crippen molar-refractivity contribution >= 4 is 63.8 Å². The summed E-state index contributed by atoms with van der Waals surface area (Å²) in [5.74, 6) is -7.81. The highest BCUT2D eigenvalue weighted by atomic mass is 31.1. The van der Waals surface area contributed by atoms with Crippen LogP contribution in [0.1, 0.15) is 120 Å². The number of fused-ring (bicyclic) bond motifs is 5. The van der Waals surface area contributed by atoms with Crippen molar-refractivity contribution in [2.45, 2.75) is 142 Å². The fourth-order valence-corrected chi connectivity index (χ4v) is 11.5. The molecule has 1 aromatic rings. The summed E-state index contributed by atoms with van der Waals surface area (Å²) in [6, 6.07) is -0.701.